The number of anilines is 1. The van der Waals surface area contributed by atoms with Crippen molar-refractivity contribution in [2.75, 3.05) is 31.6 Å². The number of nitrogens with zero attached hydrogens (tertiary/aromatic N) is 5. The van der Waals surface area contributed by atoms with Gasteiger partial charge in [-0.05, 0) is 30.5 Å². The summed E-state index contributed by atoms with van der Waals surface area (Å²) in [6, 6.07) is 11.5. The first-order chi connectivity index (χ1) is 20.2. The smallest absolute Gasteiger partial charge is 0.341 e. The van der Waals surface area contributed by atoms with Gasteiger partial charge in [0.2, 0.25) is 17.2 Å². The summed E-state index contributed by atoms with van der Waals surface area (Å²) < 4.78 is 1.53. The Morgan fingerprint density at radius 2 is 1.95 bits per heavy atom. The van der Waals surface area contributed by atoms with Crippen LogP contribution in [0.25, 0.3) is 16.2 Å². The second-order valence-corrected chi connectivity index (χ2v) is 10.8. The highest BCUT2D eigenvalue weighted by Crippen LogP contribution is 2.27. The van der Waals surface area contributed by atoms with Crippen LogP contribution in [-0.2, 0) is 20.8 Å². The van der Waals surface area contributed by atoms with Gasteiger partial charge in [-0.15, -0.1) is 11.3 Å². The number of hydrogen-bond acceptors (Lipinski definition) is 9. The van der Waals surface area contributed by atoms with Crippen molar-refractivity contribution in [1.82, 2.24) is 24.9 Å². The molecule has 0 unspecified atom stereocenters. The molecule has 42 heavy (non-hydrogen) atoms. The summed E-state index contributed by atoms with van der Waals surface area (Å²) in [5, 5.41) is 16.0. The molecule has 4 heterocycles. The Labute approximate surface area is 245 Å². The van der Waals surface area contributed by atoms with E-state index in [4.69, 9.17) is 9.82 Å². The van der Waals surface area contributed by atoms with Gasteiger partial charge in [0.05, 0.1) is 18.5 Å². The maximum absolute atomic E-state index is 13.0. The van der Waals surface area contributed by atoms with Crippen molar-refractivity contribution >= 4 is 46.0 Å². The summed E-state index contributed by atoms with van der Waals surface area (Å²) in [6.45, 7) is 2.88. The van der Waals surface area contributed by atoms with Crippen molar-refractivity contribution in [1.29, 1.82) is 0 Å². The SMILES string of the molecule is Cc1cc(N2CC(ON(C)C(=O)CCNC(=O)CCc3ccccc3)C2)nc2c1c(=O)c(C(=O)O)cn2-c1nccs1. The predicted octanol–water partition coefficient (Wildman–Crippen LogP) is 2.57. The number of aromatic carboxylic acids is 1. The molecule has 218 valence electrons. The van der Waals surface area contributed by atoms with Crippen LogP contribution < -0.4 is 15.6 Å². The van der Waals surface area contributed by atoms with E-state index in [9.17, 15) is 24.3 Å². The molecule has 2 N–H and O–H groups in total. The van der Waals surface area contributed by atoms with E-state index in [1.807, 2.05) is 35.2 Å². The number of aryl methyl sites for hydroxylation is 2. The first-order valence-electron chi connectivity index (χ1n) is 13.4. The molecule has 0 aliphatic carbocycles. The van der Waals surface area contributed by atoms with Crippen molar-refractivity contribution in [3.63, 3.8) is 0 Å². The highest BCUT2D eigenvalue weighted by molar-refractivity contribution is 7.12. The molecule has 1 saturated heterocycles. The maximum atomic E-state index is 13.0. The summed E-state index contributed by atoms with van der Waals surface area (Å²) in [4.78, 5) is 66.1. The van der Waals surface area contributed by atoms with Gasteiger partial charge in [-0.2, -0.15) is 0 Å². The lowest BCUT2D eigenvalue weighted by Gasteiger charge is -2.41. The van der Waals surface area contributed by atoms with Crippen LogP contribution in [0, 0.1) is 6.92 Å². The first kappa shape index (κ1) is 28.9. The van der Waals surface area contributed by atoms with Crippen LogP contribution in [0.3, 0.4) is 0 Å². The molecular weight excluding hydrogens is 560 g/mol. The fourth-order valence-corrected chi connectivity index (χ4v) is 5.32. The second kappa shape index (κ2) is 12.5. The van der Waals surface area contributed by atoms with Crippen molar-refractivity contribution in [2.24, 2.45) is 0 Å². The lowest BCUT2D eigenvalue weighted by molar-refractivity contribution is -0.200. The highest BCUT2D eigenvalue weighted by Gasteiger charge is 2.32. The maximum Gasteiger partial charge on any atom is 0.341 e. The van der Waals surface area contributed by atoms with Gasteiger partial charge in [0.25, 0.3) is 0 Å². The number of nitrogens with one attached hydrogen (secondary N) is 1. The van der Waals surface area contributed by atoms with Crippen LogP contribution in [0.4, 0.5) is 5.82 Å². The summed E-state index contributed by atoms with van der Waals surface area (Å²) >= 11 is 1.30. The lowest BCUT2D eigenvalue weighted by atomic mass is 10.1. The van der Waals surface area contributed by atoms with Crippen LogP contribution in [0.5, 0.6) is 0 Å². The zero-order valence-electron chi connectivity index (χ0n) is 23.1. The van der Waals surface area contributed by atoms with E-state index in [1.165, 1.54) is 27.2 Å². The van der Waals surface area contributed by atoms with Gasteiger partial charge >= 0.3 is 5.97 Å². The van der Waals surface area contributed by atoms with Crippen molar-refractivity contribution in [2.45, 2.75) is 32.3 Å². The monoisotopic (exact) mass is 590 g/mol. The molecular formula is C29H30N6O6S. The highest BCUT2D eigenvalue weighted by atomic mass is 32.1. The topological polar surface area (TPSA) is 147 Å². The lowest BCUT2D eigenvalue weighted by Crippen LogP contribution is -2.55. The van der Waals surface area contributed by atoms with E-state index < -0.39 is 11.4 Å². The second-order valence-electron chi connectivity index (χ2n) is 9.97. The zero-order valence-corrected chi connectivity index (χ0v) is 24.0. The fraction of sp³-hybridized carbons (Fsp3) is 0.310. The number of aromatic nitrogens is 3. The predicted molar refractivity (Wildman–Crippen MR) is 157 cm³/mol. The number of pyridine rings is 2. The third-order valence-corrected chi connectivity index (χ3v) is 7.74. The molecule has 1 aliphatic rings. The van der Waals surface area contributed by atoms with E-state index in [2.05, 4.69) is 10.3 Å². The van der Waals surface area contributed by atoms with Gasteiger partial charge in [0.15, 0.2) is 10.8 Å². The summed E-state index contributed by atoms with van der Waals surface area (Å²) in [5.74, 6) is -1.08. The minimum Gasteiger partial charge on any atom is -0.477 e. The zero-order chi connectivity index (χ0) is 29.8. The number of carbonyl (C=O) groups is 3. The van der Waals surface area contributed by atoms with E-state index in [-0.39, 0.29) is 41.8 Å². The van der Waals surface area contributed by atoms with E-state index in [1.54, 1.807) is 31.6 Å². The van der Waals surface area contributed by atoms with Crippen LogP contribution in [0.2, 0.25) is 0 Å². The summed E-state index contributed by atoms with van der Waals surface area (Å²) in [6.07, 6.45) is 3.70. The summed E-state index contributed by atoms with van der Waals surface area (Å²) in [7, 11) is 1.55. The number of carboxylic acid groups (broad SMARTS) is 1. The Kier molecular flexibility index (Phi) is 8.59. The Balaban J connectivity index is 1.16. The number of hydrogen-bond donors (Lipinski definition) is 2. The molecule has 2 amide bonds. The Morgan fingerprint density at radius 3 is 2.64 bits per heavy atom. The third-order valence-electron chi connectivity index (χ3n) is 6.97. The fourth-order valence-electron chi connectivity index (χ4n) is 4.70. The Hall–Kier alpha value is -4.62. The molecule has 4 aromatic rings. The molecule has 12 nitrogen and oxygen atoms in total. The number of fused-ring (bicyclic) bond motifs is 1. The van der Waals surface area contributed by atoms with Crippen molar-refractivity contribution in [3.8, 4) is 5.13 Å². The molecule has 0 saturated carbocycles. The third kappa shape index (κ3) is 6.31. The van der Waals surface area contributed by atoms with E-state index in [0.29, 0.717) is 48.1 Å². The largest absolute Gasteiger partial charge is 0.477 e. The molecule has 5 rings (SSSR count). The Bertz CT molecular complexity index is 1670. The van der Waals surface area contributed by atoms with Crippen LogP contribution in [0.15, 0.2) is 59.0 Å². The minimum atomic E-state index is -1.32. The number of benzene rings is 1. The van der Waals surface area contributed by atoms with Crippen LogP contribution >= 0.6 is 11.3 Å². The molecule has 1 aliphatic heterocycles. The number of thiazole rings is 1. The molecule has 13 heteroatoms. The number of rotatable bonds is 11. The minimum absolute atomic E-state index is 0.109. The molecule has 1 aromatic carbocycles. The number of carboxylic acids is 1. The van der Waals surface area contributed by atoms with Gasteiger partial charge in [-0.3, -0.25) is 23.8 Å². The van der Waals surface area contributed by atoms with Crippen molar-refractivity contribution in [3.05, 3.63) is 81.1 Å². The molecule has 1 fully saturated rings. The average molecular weight is 591 g/mol. The van der Waals surface area contributed by atoms with Gasteiger partial charge in [0, 0.05) is 44.2 Å². The normalized spacial score (nSPS) is 13.1. The molecule has 0 atom stereocenters. The van der Waals surface area contributed by atoms with Crippen molar-refractivity contribution < 1.29 is 24.3 Å². The number of amides is 2. The van der Waals surface area contributed by atoms with E-state index >= 15 is 0 Å². The molecule has 3 aromatic heterocycles. The van der Waals surface area contributed by atoms with Crippen LogP contribution in [-0.4, -0.2) is 75.3 Å². The number of carbonyl (C=O) groups excluding carboxylic acids is 2. The van der Waals surface area contributed by atoms with Crippen LogP contribution in [0.1, 0.15) is 34.3 Å². The standard InChI is InChI=1S/C29H30N6O6S/c1-18-14-22(32-27-25(18)26(38)21(28(39)40)17-35(27)29-31-12-13-42-29)34-15-20(16-34)41-33(2)24(37)10-11-30-23(36)9-8-19-6-4-3-5-7-19/h3-7,12-14,17,20H,8-11,15-16H2,1-2H3,(H,30,36)(H,39,40). The van der Waals surface area contributed by atoms with Gasteiger partial charge < -0.3 is 15.3 Å². The number of hydroxylamine groups is 2. The van der Waals surface area contributed by atoms with E-state index in [0.717, 1.165) is 5.56 Å². The quantitative estimate of drug-likeness (QED) is 0.252. The van der Waals surface area contributed by atoms with Gasteiger partial charge in [-0.25, -0.2) is 19.8 Å². The van der Waals surface area contributed by atoms with Gasteiger partial charge in [0.1, 0.15) is 17.5 Å². The van der Waals surface area contributed by atoms with Gasteiger partial charge in [-0.1, -0.05) is 30.3 Å². The molecule has 0 bridgehead atoms. The molecule has 0 spiro atoms. The molecule has 0 radical (unpaired) electrons. The summed E-state index contributed by atoms with van der Waals surface area (Å²) in [5.41, 5.74) is 1.04. The Morgan fingerprint density at radius 1 is 1.19 bits per heavy atom. The average Bonchev–Trinajstić information content (AvgIpc) is 3.48. The first-order valence-corrected chi connectivity index (χ1v) is 14.3.